The summed E-state index contributed by atoms with van der Waals surface area (Å²) in [6.45, 7) is 2.12. The number of aliphatic hydroxyl groups is 1. The van der Waals surface area contributed by atoms with Gasteiger partial charge in [-0.2, -0.15) is 0 Å². The van der Waals surface area contributed by atoms with Gasteiger partial charge in [0.25, 0.3) is 0 Å². The third-order valence-electron chi connectivity index (χ3n) is 2.82. The molecule has 1 aromatic heterocycles. The zero-order valence-electron chi connectivity index (χ0n) is 10.7. The van der Waals surface area contributed by atoms with Crippen molar-refractivity contribution in [1.29, 1.82) is 0 Å². The third-order valence-corrected chi connectivity index (χ3v) is 2.82. The van der Waals surface area contributed by atoms with E-state index >= 15 is 0 Å². The van der Waals surface area contributed by atoms with Crippen molar-refractivity contribution in [2.45, 2.75) is 26.1 Å². The minimum atomic E-state index is -0.554. The van der Waals surface area contributed by atoms with Crippen molar-refractivity contribution in [1.82, 2.24) is 4.98 Å². The number of pyridine rings is 1. The summed E-state index contributed by atoms with van der Waals surface area (Å²) in [5.41, 5.74) is 1.40. The summed E-state index contributed by atoms with van der Waals surface area (Å²) in [4.78, 5) is 3.77. The number of halogens is 1. The molecule has 0 fully saturated rings. The molecule has 100 valence electrons. The van der Waals surface area contributed by atoms with Gasteiger partial charge in [0.1, 0.15) is 18.2 Å². The first-order valence-electron chi connectivity index (χ1n) is 6.20. The van der Waals surface area contributed by atoms with E-state index < -0.39 is 6.10 Å². The topological polar surface area (TPSA) is 42.4 Å². The Labute approximate surface area is 111 Å². The highest BCUT2D eigenvalue weighted by atomic mass is 19.1. The monoisotopic (exact) mass is 261 g/mol. The second-order valence-electron chi connectivity index (χ2n) is 4.26. The number of para-hydroxylation sites is 1. The van der Waals surface area contributed by atoms with Gasteiger partial charge in [0.05, 0.1) is 12.3 Å². The maximum atomic E-state index is 13.0. The number of rotatable bonds is 5. The smallest absolute Gasteiger partial charge is 0.141 e. The molecule has 0 saturated carbocycles. The number of ether oxygens (including phenoxy) is 1. The van der Waals surface area contributed by atoms with Crippen molar-refractivity contribution in [2.75, 3.05) is 0 Å². The standard InChI is InChI=1S/C15H16FNO2/c1-2-14(18)13-5-3-4-6-15(13)19-10-11-7-12(16)9-17-8-11/h3-9,14,18H,2,10H2,1H3/t14-/m0/s1. The molecule has 0 unspecified atom stereocenters. The van der Waals surface area contributed by atoms with E-state index in [9.17, 15) is 9.50 Å². The van der Waals surface area contributed by atoms with E-state index in [1.807, 2.05) is 25.1 Å². The molecule has 1 N–H and O–H groups in total. The Morgan fingerprint density at radius 3 is 2.84 bits per heavy atom. The van der Waals surface area contributed by atoms with E-state index in [1.54, 1.807) is 12.3 Å². The number of hydrogen-bond donors (Lipinski definition) is 1. The van der Waals surface area contributed by atoms with Crippen LogP contribution in [0.2, 0.25) is 0 Å². The maximum absolute atomic E-state index is 13.0. The average molecular weight is 261 g/mol. The van der Waals surface area contributed by atoms with Crippen LogP contribution in [-0.2, 0) is 6.61 Å². The van der Waals surface area contributed by atoms with Crippen LogP contribution in [0.5, 0.6) is 5.75 Å². The molecule has 0 aliphatic heterocycles. The summed E-state index contributed by atoms with van der Waals surface area (Å²) in [5.74, 6) is 0.226. The number of hydrogen-bond acceptors (Lipinski definition) is 3. The first-order chi connectivity index (χ1) is 9.20. The summed E-state index contributed by atoms with van der Waals surface area (Å²) in [5, 5.41) is 9.90. The summed E-state index contributed by atoms with van der Waals surface area (Å²) in [6.07, 6.45) is 2.77. The van der Waals surface area contributed by atoms with E-state index in [0.717, 1.165) is 11.8 Å². The van der Waals surface area contributed by atoms with Gasteiger partial charge in [0.2, 0.25) is 0 Å². The van der Waals surface area contributed by atoms with Crippen LogP contribution in [-0.4, -0.2) is 10.1 Å². The first-order valence-corrected chi connectivity index (χ1v) is 6.20. The molecule has 0 bridgehead atoms. The highest BCUT2D eigenvalue weighted by Gasteiger charge is 2.11. The maximum Gasteiger partial charge on any atom is 0.141 e. The quantitative estimate of drug-likeness (QED) is 0.898. The van der Waals surface area contributed by atoms with E-state index in [2.05, 4.69) is 4.98 Å². The normalized spacial score (nSPS) is 12.2. The second-order valence-corrected chi connectivity index (χ2v) is 4.26. The van der Waals surface area contributed by atoms with Gasteiger partial charge in [-0.15, -0.1) is 0 Å². The SMILES string of the molecule is CC[C@H](O)c1ccccc1OCc1cncc(F)c1. The molecule has 0 aliphatic rings. The van der Waals surface area contributed by atoms with Gasteiger partial charge in [-0.05, 0) is 18.6 Å². The van der Waals surface area contributed by atoms with Crippen LogP contribution < -0.4 is 4.74 Å². The predicted molar refractivity (Wildman–Crippen MR) is 70.2 cm³/mol. The molecule has 0 aliphatic carbocycles. The van der Waals surface area contributed by atoms with Crippen LogP contribution in [0.15, 0.2) is 42.7 Å². The molecule has 19 heavy (non-hydrogen) atoms. The Balaban J connectivity index is 2.11. The van der Waals surface area contributed by atoms with E-state index in [1.165, 1.54) is 6.07 Å². The first kappa shape index (κ1) is 13.5. The fourth-order valence-electron chi connectivity index (χ4n) is 1.80. The van der Waals surface area contributed by atoms with Crippen molar-refractivity contribution in [3.63, 3.8) is 0 Å². The second kappa shape index (κ2) is 6.29. The lowest BCUT2D eigenvalue weighted by Gasteiger charge is -2.14. The van der Waals surface area contributed by atoms with Crippen molar-refractivity contribution in [3.8, 4) is 5.75 Å². The number of aliphatic hydroxyl groups excluding tert-OH is 1. The van der Waals surface area contributed by atoms with Gasteiger partial charge in [0, 0.05) is 17.3 Å². The van der Waals surface area contributed by atoms with Crippen LogP contribution in [0.4, 0.5) is 4.39 Å². The lowest BCUT2D eigenvalue weighted by molar-refractivity contribution is 0.166. The highest BCUT2D eigenvalue weighted by molar-refractivity contribution is 5.35. The molecule has 0 spiro atoms. The highest BCUT2D eigenvalue weighted by Crippen LogP contribution is 2.27. The molecule has 3 nitrogen and oxygen atoms in total. The molecule has 2 aromatic rings. The molecular formula is C15H16FNO2. The van der Waals surface area contributed by atoms with E-state index in [0.29, 0.717) is 17.7 Å². The van der Waals surface area contributed by atoms with Crippen molar-refractivity contribution in [3.05, 3.63) is 59.7 Å². The zero-order valence-corrected chi connectivity index (χ0v) is 10.7. The molecule has 2 rings (SSSR count). The lowest BCUT2D eigenvalue weighted by atomic mass is 10.1. The molecular weight excluding hydrogens is 245 g/mol. The van der Waals surface area contributed by atoms with Crippen molar-refractivity contribution in [2.24, 2.45) is 0 Å². The molecule has 0 radical (unpaired) electrons. The molecule has 4 heteroatoms. The van der Waals surface area contributed by atoms with Crippen LogP contribution in [0, 0.1) is 5.82 Å². The van der Waals surface area contributed by atoms with E-state index in [4.69, 9.17) is 4.74 Å². The van der Waals surface area contributed by atoms with Crippen LogP contribution in [0.3, 0.4) is 0 Å². The van der Waals surface area contributed by atoms with Gasteiger partial charge in [0.15, 0.2) is 0 Å². The van der Waals surface area contributed by atoms with Crippen molar-refractivity contribution >= 4 is 0 Å². The summed E-state index contributed by atoms with van der Waals surface area (Å²) in [6, 6.07) is 8.69. The molecule has 0 amide bonds. The Bertz CT molecular complexity index is 545. The lowest BCUT2D eigenvalue weighted by Crippen LogP contribution is -2.02. The Morgan fingerprint density at radius 1 is 1.32 bits per heavy atom. The van der Waals surface area contributed by atoms with Gasteiger partial charge in [-0.1, -0.05) is 25.1 Å². The number of benzene rings is 1. The largest absolute Gasteiger partial charge is 0.488 e. The average Bonchev–Trinajstić information content (AvgIpc) is 2.45. The Morgan fingerprint density at radius 2 is 2.11 bits per heavy atom. The number of nitrogens with zero attached hydrogens (tertiary/aromatic N) is 1. The minimum Gasteiger partial charge on any atom is -0.488 e. The third kappa shape index (κ3) is 3.51. The van der Waals surface area contributed by atoms with Crippen LogP contribution >= 0.6 is 0 Å². The Hall–Kier alpha value is -1.94. The minimum absolute atomic E-state index is 0.220. The van der Waals surface area contributed by atoms with Gasteiger partial charge >= 0.3 is 0 Å². The summed E-state index contributed by atoms with van der Waals surface area (Å²) in [7, 11) is 0. The van der Waals surface area contributed by atoms with Gasteiger partial charge < -0.3 is 9.84 Å². The van der Waals surface area contributed by atoms with Crippen molar-refractivity contribution < 1.29 is 14.2 Å². The van der Waals surface area contributed by atoms with Gasteiger partial charge in [-0.25, -0.2) is 4.39 Å². The Kier molecular flexibility index (Phi) is 4.47. The number of aromatic nitrogens is 1. The molecule has 0 saturated heterocycles. The van der Waals surface area contributed by atoms with E-state index in [-0.39, 0.29) is 12.4 Å². The van der Waals surface area contributed by atoms with Crippen LogP contribution in [0.25, 0.3) is 0 Å². The summed E-state index contributed by atoms with van der Waals surface area (Å²) >= 11 is 0. The zero-order chi connectivity index (χ0) is 13.7. The molecule has 1 aromatic carbocycles. The van der Waals surface area contributed by atoms with Gasteiger partial charge in [-0.3, -0.25) is 4.98 Å². The molecule has 1 atom stereocenters. The van der Waals surface area contributed by atoms with Crippen LogP contribution in [0.1, 0.15) is 30.6 Å². The molecule has 1 heterocycles. The summed E-state index contributed by atoms with van der Waals surface area (Å²) < 4.78 is 18.6. The fourth-order valence-corrected chi connectivity index (χ4v) is 1.80. The predicted octanol–water partition coefficient (Wildman–Crippen LogP) is 3.24. The fraction of sp³-hybridized carbons (Fsp3) is 0.267.